The Morgan fingerprint density at radius 3 is 2.30 bits per heavy atom. The van der Waals surface area contributed by atoms with Crippen molar-refractivity contribution in [1.29, 1.82) is 0 Å². The number of ether oxygens (including phenoxy) is 1. The Morgan fingerprint density at radius 1 is 0.750 bits per heavy atom. The fraction of sp³-hybridized carbons (Fsp3) is 0.821. The van der Waals surface area contributed by atoms with Crippen LogP contribution < -0.4 is 0 Å². The van der Waals surface area contributed by atoms with Crippen molar-refractivity contribution in [3.63, 3.8) is 0 Å². The van der Waals surface area contributed by atoms with Crippen molar-refractivity contribution in [3.8, 4) is 0 Å². The molecule has 0 saturated carbocycles. The van der Waals surface area contributed by atoms with Crippen LogP contribution in [0.1, 0.15) is 134 Å². The summed E-state index contributed by atoms with van der Waals surface area (Å²) in [5.41, 5.74) is 1.24. The number of rotatable bonds is 15. The van der Waals surface area contributed by atoms with Crippen LogP contribution in [0.5, 0.6) is 0 Å². The summed E-state index contributed by atoms with van der Waals surface area (Å²) < 4.78 is 5.92. The van der Waals surface area contributed by atoms with Crippen LogP contribution in [0.4, 0.5) is 0 Å². The van der Waals surface area contributed by atoms with Crippen LogP contribution in [0.2, 0.25) is 0 Å². The molecule has 1 amide bonds. The lowest BCUT2D eigenvalue weighted by molar-refractivity contribution is -0.142. The highest BCUT2D eigenvalue weighted by Crippen LogP contribution is 2.41. The Balaban J connectivity index is 1.32. The minimum Gasteiger partial charge on any atom is -0.396 e. The maximum absolute atomic E-state index is 13.8. The Kier molecular flexibility index (Phi) is 17.2. The summed E-state index contributed by atoms with van der Waals surface area (Å²) >= 11 is 0. The molecule has 0 radical (unpaired) electrons. The molecule has 4 heterocycles. The van der Waals surface area contributed by atoms with Crippen LogP contribution >= 0.6 is 0 Å². The van der Waals surface area contributed by atoms with Gasteiger partial charge in [0.15, 0.2) is 0 Å². The number of carbonyl (C=O) groups is 1. The van der Waals surface area contributed by atoms with Crippen LogP contribution in [0.15, 0.2) is 30.3 Å². The average molecular weight is 611 g/mol. The normalized spacial score (nSPS) is 27.3. The molecule has 1 N–H and O–H groups in total. The van der Waals surface area contributed by atoms with E-state index in [-0.39, 0.29) is 5.92 Å². The van der Waals surface area contributed by atoms with E-state index in [9.17, 15) is 4.79 Å². The third kappa shape index (κ3) is 12.8. The molecule has 4 fully saturated rings. The van der Waals surface area contributed by atoms with Gasteiger partial charge in [0.2, 0.25) is 5.91 Å². The number of nitrogens with zero attached hydrogens (tertiary/aromatic N) is 2. The van der Waals surface area contributed by atoms with Crippen molar-refractivity contribution >= 4 is 5.91 Å². The van der Waals surface area contributed by atoms with Gasteiger partial charge in [0.25, 0.3) is 0 Å². The van der Waals surface area contributed by atoms with Crippen molar-refractivity contribution in [2.75, 3.05) is 45.9 Å². The smallest absolute Gasteiger partial charge is 0.225 e. The van der Waals surface area contributed by atoms with E-state index in [4.69, 9.17) is 9.84 Å². The summed E-state index contributed by atoms with van der Waals surface area (Å²) in [6, 6.07) is 10.4. The second-order valence-corrected chi connectivity index (χ2v) is 14.5. The Labute approximate surface area is 270 Å². The number of hydrogen-bond donors (Lipinski definition) is 1. The topological polar surface area (TPSA) is 53.0 Å². The van der Waals surface area contributed by atoms with Crippen molar-refractivity contribution in [2.24, 2.45) is 23.7 Å². The van der Waals surface area contributed by atoms with Crippen LogP contribution in [0.25, 0.3) is 0 Å². The Hall–Kier alpha value is -1.43. The first-order valence-corrected chi connectivity index (χ1v) is 19.0. The highest BCUT2D eigenvalue weighted by Gasteiger charge is 2.41. The average Bonchev–Trinajstić information content (AvgIpc) is 3.05. The zero-order valence-electron chi connectivity index (χ0n) is 28.2. The number of unbranched alkanes of at least 4 members (excludes halogenated alkanes) is 6. The zero-order chi connectivity index (χ0) is 30.7. The molecule has 5 rings (SSSR count). The number of likely N-dealkylation sites (tertiary alicyclic amines) is 1. The summed E-state index contributed by atoms with van der Waals surface area (Å²) in [5, 5.41) is 9.16. The molecule has 5 atom stereocenters. The van der Waals surface area contributed by atoms with Crippen LogP contribution in [0.3, 0.4) is 0 Å². The molecular formula is C39H66N2O3. The van der Waals surface area contributed by atoms with Gasteiger partial charge in [-0.05, 0) is 94.2 Å². The van der Waals surface area contributed by atoms with Gasteiger partial charge in [0.05, 0.1) is 6.61 Å². The van der Waals surface area contributed by atoms with Gasteiger partial charge in [-0.2, -0.15) is 0 Å². The molecule has 5 heteroatoms. The quantitative estimate of drug-likeness (QED) is 0.202. The van der Waals surface area contributed by atoms with Crippen molar-refractivity contribution in [1.82, 2.24) is 9.80 Å². The first-order valence-electron chi connectivity index (χ1n) is 19.0. The van der Waals surface area contributed by atoms with E-state index in [0.717, 1.165) is 76.5 Å². The summed E-state index contributed by atoms with van der Waals surface area (Å²) in [6.45, 7) is 7.57. The number of hydrogen-bond acceptors (Lipinski definition) is 4. The lowest BCUT2D eigenvalue weighted by Gasteiger charge is -2.47. The molecule has 3 unspecified atom stereocenters. The fourth-order valence-electron chi connectivity index (χ4n) is 8.46. The monoisotopic (exact) mass is 611 g/mol. The Bertz CT molecular complexity index is 879. The first kappa shape index (κ1) is 35.4. The molecule has 1 aromatic carbocycles. The van der Waals surface area contributed by atoms with Crippen molar-refractivity contribution in [2.45, 2.75) is 135 Å². The van der Waals surface area contributed by atoms with E-state index in [0.29, 0.717) is 25.0 Å². The second-order valence-electron chi connectivity index (χ2n) is 14.5. The predicted octanol–water partition coefficient (Wildman–Crippen LogP) is 8.63. The standard InChI is InChI=1S/C39H66N2O3/c42-28-18-9-5-7-15-23-36-31-40-25-16-8-4-2-1-3-6-14-22-35-30-37(38(36)24-27-40)32-41(39(35)43)26-17-11-19-29-44-33-34-20-12-10-13-21-34/h10,12-13,20-21,35-38,42H,1-9,11,14-19,22-33H2/t35-,36?,37+,38?/m1/s1. The van der Waals surface area contributed by atoms with Crippen LogP contribution in [-0.2, 0) is 16.1 Å². The molecule has 44 heavy (non-hydrogen) atoms. The van der Waals surface area contributed by atoms with E-state index in [2.05, 4.69) is 34.1 Å². The molecule has 250 valence electrons. The molecule has 0 aromatic heterocycles. The number of piperidine rings is 2. The van der Waals surface area contributed by atoms with E-state index in [1.807, 2.05) is 6.07 Å². The van der Waals surface area contributed by atoms with Crippen molar-refractivity contribution < 1.29 is 14.6 Å². The third-order valence-corrected chi connectivity index (χ3v) is 11.0. The summed E-state index contributed by atoms with van der Waals surface area (Å²) in [6.07, 6.45) is 25.0. The van der Waals surface area contributed by atoms with Gasteiger partial charge in [-0.1, -0.05) is 101 Å². The lowest BCUT2D eigenvalue weighted by atomic mass is 9.69. The van der Waals surface area contributed by atoms with Gasteiger partial charge in [0, 0.05) is 38.8 Å². The molecular weight excluding hydrogens is 544 g/mol. The van der Waals surface area contributed by atoms with Crippen LogP contribution in [0, 0.1) is 23.7 Å². The zero-order valence-corrected chi connectivity index (χ0v) is 28.2. The Morgan fingerprint density at radius 2 is 1.48 bits per heavy atom. The lowest BCUT2D eigenvalue weighted by Crippen LogP contribution is -2.51. The van der Waals surface area contributed by atoms with Crippen molar-refractivity contribution in [3.05, 3.63) is 35.9 Å². The number of benzene rings is 1. The summed E-state index contributed by atoms with van der Waals surface area (Å²) in [7, 11) is 0. The molecule has 4 saturated heterocycles. The summed E-state index contributed by atoms with van der Waals surface area (Å²) in [4.78, 5) is 18.9. The van der Waals surface area contributed by atoms with Gasteiger partial charge >= 0.3 is 0 Å². The van der Waals surface area contributed by atoms with Gasteiger partial charge in [-0.25, -0.2) is 0 Å². The van der Waals surface area contributed by atoms with Gasteiger partial charge in [0.1, 0.15) is 0 Å². The van der Waals surface area contributed by atoms with E-state index >= 15 is 0 Å². The van der Waals surface area contributed by atoms with Gasteiger partial charge in [-0.15, -0.1) is 0 Å². The van der Waals surface area contributed by atoms with E-state index < -0.39 is 0 Å². The third-order valence-electron chi connectivity index (χ3n) is 11.0. The minimum absolute atomic E-state index is 0.246. The minimum atomic E-state index is 0.246. The van der Waals surface area contributed by atoms with Crippen LogP contribution in [-0.4, -0.2) is 66.8 Å². The number of aliphatic hydroxyl groups is 1. The summed E-state index contributed by atoms with van der Waals surface area (Å²) in [5.74, 6) is 2.93. The van der Waals surface area contributed by atoms with Gasteiger partial charge in [-0.3, -0.25) is 4.79 Å². The number of carbonyl (C=O) groups excluding carboxylic acids is 1. The molecule has 5 nitrogen and oxygen atoms in total. The largest absolute Gasteiger partial charge is 0.396 e. The fourth-order valence-corrected chi connectivity index (χ4v) is 8.46. The molecule has 1 aromatic rings. The first-order chi connectivity index (χ1) is 21.7. The SMILES string of the molecule is O=C1[C@@H]2CCCCCCCCCCN3CCC(C(CCCCCCCO)C3)[C@@H](C2)CN1CCCCCOCc1ccccc1. The maximum atomic E-state index is 13.8. The van der Waals surface area contributed by atoms with E-state index in [1.54, 1.807) is 0 Å². The predicted molar refractivity (Wildman–Crippen MR) is 183 cm³/mol. The molecule has 4 aliphatic heterocycles. The van der Waals surface area contributed by atoms with E-state index in [1.165, 1.54) is 109 Å². The maximum Gasteiger partial charge on any atom is 0.225 e. The number of amides is 1. The number of aliphatic hydroxyl groups excluding tert-OH is 1. The highest BCUT2D eigenvalue weighted by molar-refractivity contribution is 5.79. The van der Waals surface area contributed by atoms with Gasteiger partial charge < -0.3 is 19.6 Å². The molecule has 0 spiro atoms. The highest BCUT2D eigenvalue weighted by atomic mass is 16.5. The molecule has 4 aliphatic rings. The molecule has 4 bridgehead atoms. The molecule has 0 aliphatic carbocycles. The second kappa shape index (κ2) is 21.4. The number of fused-ring (bicyclic) bond motifs is 11.